The summed E-state index contributed by atoms with van der Waals surface area (Å²) in [5, 5.41) is 0. The molecule has 4 nitrogen and oxygen atoms in total. The van der Waals surface area contributed by atoms with Crippen LogP contribution in [0.15, 0.2) is 18.2 Å². The molecule has 3 rings (SSSR count). The van der Waals surface area contributed by atoms with E-state index in [1.54, 1.807) is 31.1 Å². The molecule has 2 saturated heterocycles. The molecule has 0 spiro atoms. The number of hydrogen-bond donors (Lipinski definition) is 0. The lowest BCUT2D eigenvalue weighted by atomic mass is 9.82. The van der Waals surface area contributed by atoms with E-state index in [-0.39, 0.29) is 17.1 Å². The maximum atomic E-state index is 13.6. The Balaban J connectivity index is 1.79. The number of methoxy groups -OCH3 is 1. The monoisotopic (exact) mass is 293 g/mol. The minimum absolute atomic E-state index is 0.104. The topological polar surface area (TPSA) is 38.8 Å². The highest BCUT2D eigenvalue weighted by Crippen LogP contribution is 2.41. The number of amides is 1. The van der Waals surface area contributed by atoms with Crippen molar-refractivity contribution < 1.29 is 18.7 Å². The van der Waals surface area contributed by atoms with Crippen molar-refractivity contribution in [3.05, 3.63) is 35.1 Å². The fourth-order valence-electron chi connectivity index (χ4n) is 3.39. The third kappa shape index (κ3) is 2.45. The molecule has 0 N–H and O–H groups in total. The van der Waals surface area contributed by atoms with E-state index in [0.717, 1.165) is 0 Å². The molecule has 1 aromatic rings. The van der Waals surface area contributed by atoms with E-state index < -0.39 is 0 Å². The van der Waals surface area contributed by atoms with E-state index in [9.17, 15) is 9.18 Å². The number of halogens is 1. The van der Waals surface area contributed by atoms with E-state index in [0.29, 0.717) is 50.0 Å². The van der Waals surface area contributed by atoms with E-state index in [4.69, 9.17) is 9.47 Å². The van der Waals surface area contributed by atoms with Crippen LogP contribution in [0.3, 0.4) is 0 Å². The third-order valence-corrected chi connectivity index (χ3v) is 4.66. The van der Waals surface area contributed by atoms with Gasteiger partial charge in [0.1, 0.15) is 5.82 Å². The Morgan fingerprint density at radius 1 is 1.57 bits per heavy atom. The number of ether oxygens (including phenoxy) is 2. The number of likely N-dealkylation sites (tertiary alicyclic amines) is 1. The molecule has 2 atom stereocenters. The summed E-state index contributed by atoms with van der Waals surface area (Å²) in [6, 6.07) is 4.66. The maximum absolute atomic E-state index is 13.6. The summed E-state index contributed by atoms with van der Waals surface area (Å²) in [6.45, 7) is 4.82. The molecule has 0 radical (unpaired) electrons. The lowest BCUT2D eigenvalue weighted by molar-refractivity contribution is 0.0489. The number of nitrogens with zero attached hydrogens (tertiary/aromatic N) is 1. The molecule has 1 amide bonds. The zero-order valence-corrected chi connectivity index (χ0v) is 12.4. The van der Waals surface area contributed by atoms with Gasteiger partial charge in [-0.05, 0) is 24.6 Å². The predicted molar refractivity (Wildman–Crippen MR) is 75.7 cm³/mol. The molecule has 0 bridgehead atoms. The van der Waals surface area contributed by atoms with Crippen LogP contribution in [0.4, 0.5) is 4.39 Å². The Hall–Kier alpha value is -1.46. The quantitative estimate of drug-likeness (QED) is 0.854. The van der Waals surface area contributed by atoms with Gasteiger partial charge in [0.25, 0.3) is 5.91 Å². The second kappa shape index (κ2) is 5.39. The number of carbonyl (C=O) groups is 1. The smallest absolute Gasteiger partial charge is 0.253 e. The van der Waals surface area contributed by atoms with Gasteiger partial charge in [0.05, 0.1) is 19.8 Å². The van der Waals surface area contributed by atoms with Crippen LogP contribution in [0.1, 0.15) is 15.9 Å². The highest BCUT2D eigenvalue weighted by atomic mass is 19.1. The van der Waals surface area contributed by atoms with Gasteiger partial charge in [-0.3, -0.25) is 4.79 Å². The van der Waals surface area contributed by atoms with E-state index in [1.165, 1.54) is 6.07 Å². The van der Waals surface area contributed by atoms with Gasteiger partial charge in [-0.1, -0.05) is 6.07 Å². The van der Waals surface area contributed by atoms with Crippen LogP contribution in [0, 0.1) is 24.1 Å². The zero-order chi connectivity index (χ0) is 15.0. The Bertz CT molecular complexity index is 562. The fraction of sp³-hybridized carbons (Fsp3) is 0.562. The molecular weight excluding hydrogens is 273 g/mol. The number of fused-ring (bicyclic) bond motifs is 1. The highest BCUT2D eigenvalue weighted by Gasteiger charge is 2.51. The summed E-state index contributed by atoms with van der Waals surface area (Å²) in [4.78, 5) is 14.4. The first-order valence-corrected chi connectivity index (χ1v) is 7.18. The predicted octanol–water partition coefficient (Wildman–Crippen LogP) is 1.87. The fourth-order valence-corrected chi connectivity index (χ4v) is 3.39. The molecule has 5 heteroatoms. The molecule has 1 aromatic carbocycles. The van der Waals surface area contributed by atoms with Gasteiger partial charge in [-0.2, -0.15) is 0 Å². The molecule has 114 valence electrons. The van der Waals surface area contributed by atoms with Crippen LogP contribution in [0.5, 0.6) is 0 Å². The minimum atomic E-state index is -0.338. The van der Waals surface area contributed by atoms with Crippen molar-refractivity contribution >= 4 is 5.91 Å². The van der Waals surface area contributed by atoms with Crippen molar-refractivity contribution in [2.45, 2.75) is 6.92 Å². The minimum Gasteiger partial charge on any atom is -0.384 e. The Kier molecular flexibility index (Phi) is 3.71. The molecule has 0 unspecified atom stereocenters. The van der Waals surface area contributed by atoms with Crippen molar-refractivity contribution in [1.82, 2.24) is 4.90 Å². The average Bonchev–Trinajstić information content (AvgIpc) is 2.98. The molecule has 2 aliphatic heterocycles. The van der Waals surface area contributed by atoms with Crippen molar-refractivity contribution in [3.63, 3.8) is 0 Å². The molecular formula is C16H20FNO3. The van der Waals surface area contributed by atoms with Gasteiger partial charge in [-0.25, -0.2) is 4.39 Å². The summed E-state index contributed by atoms with van der Waals surface area (Å²) in [5.41, 5.74) is 0.855. The highest BCUT2D eigenvalue weighted by molar-refractivity contribution is 5.94. The van der Waals surface area contributed by atoms with Crippen molar-refractivity contribution in [1.29, 1.82) is 0 Å². The number of aryl methyl sites for hydroxylation is 1. The summed E-state index contributed by atoms with van der Waals surface area (Å²) < 4.78 is 24.5. The van der Waals surface area contributed by atoms with Gasteiger partial charge in [0, 0.05) is 37.1 Å². The molecule has 0 saturated carbocycles. The molecule has 21 heavy (non-hydrogen) atoms. The first-order valence-electron chi connectivity index (χ1n) is 7.18. The van der Waals surface area contributed by atoms with E-state index in [1.807, 2.05) is 0 Å². The largest absolute Gasteiger partial charge is 0.384 e. The molecule has 2 heterocycles. The lowest BCUT2D eigenvalue weighted by Gasteiger charge is -2.26. The van der Waals surface area contributed by atoms with Crippen LogP contribution >= 0.6 is 0 Å². The number of rotatable bonds is 3. The average molecular weight is 293 g/mol. The Morgan fingerprint density at radius 3 is 3.10 bits per heavy atom. The first-order chi connectivity index (χ1) is 10.1. The number of carbonyl (C=O) groups excluding carboxylic acids is 1. The molecule has 0 aliphatic carbocycles. The Labute approximate surface area is 123 Å². The van der Waals surface area contributed by atoms with Gasteiger partial charge < -0.3 is 14.4 Å². The van der Waals surface area contributed by atoms with Crippen molar-refractivity contribution in [2.75, 3.05) is 40.0 Å². The lowest BCUT2D eigenvalue weighted by Crippen LogP contribution is -2.37. The van der Waals surface area contributed by atoms with Crippen molar-refractivity contribution in [3.8, 4) is 0 Å². The molecule has 2 fully saturated rings. The van der Waals surface area contributed by atoms with Gasteiger partial charge >= 0.3 is 0 Å². The van der Waals surface area contributed by atoms with Gasteiger partial charge in [0.2, 0.25) is 0 Å². The van der Waals surface area contributed by atoms with Crippen molar-refractivity contribution in [2.24, 2.45) is 11.3 Å². The first kappa shape index (κ1) is 14.5. The van der Waals surface area contributed by atoms with Gasteiger partial charge in [0.15, 0.2) is 0 Å². The molecule has 0 aromatic heterocycles. The van der Waals surface area contributed by atoms with Crippen LogP contribution in [-0.2, 0) is 9.47 Å². The summed E-state index contributed by atoms with van der Waals surface area (Å²) in [7, 11) is 1.67. The van der Waals surface area contributed by atoms with Gasteiger partial charge in [-0.15, -0.1) is 0 Å². The number of benzene rings is 1. The normalized spacial score (nSPS) is 28.0. The second-order valence-electron chi connectivity index (χ2n) is 6.16. The maximum Gasteiger partial charge on any atom is 0.253 e. The SMILES string of the molecule is COC[C@@]12COC[C@@H]1CN(C(=O)c1ccc(C)c(F)c1)C2. The van der Waals surface area contributed by atoms with E-state index in [2.05, 4.69) is 0 Å². The summed E-state index contributed by atoms with van der Waals surface area (Å²) >= 11 is 0. The van der Waals surface area contributed by atoms with E-state index >= 15 is 0 Å². The van der Waals surface area contributed by atoms with Crippen LogP contribution in [0.25, 0.3) is 0 Å². The Morgan fingerprint density at radius 2 is 2.38 bits per heavy atom. The zero-order valence-electron chi connectivity index (χ0n) is 12.4. The van der Waals surface area contributed by atoms with Crippen LogP contribution < -0.4 is 0 Å². The summed E-state index contributed by atoms with van der Waals surface area (Å²) in [6.07, 6.45) is 0. The standard InChI is InChI=1S/C16H20FNO3/c1-11-3-4-12(5-14(11)17)15(19)18-6-13-7-21-10-16(13,8-18)9-20-2/h3-5,13H,6-10H2,1-2H3/t13-,16-/m0/s1. The molecule has 2 aliphatic rings. The van der Waals surface area contributed by atoms with Crippen LogP contribution in [-0.4, -0.2) is 50.8 Å². The third-order valence-electron chi connectivity index (χ3n) is 4.66. The van der Waals surface area contributed by atoms with Crippen LogP contribution in [0.2, 0.25) is 0 Å². The summed E-state index contributed by atoms with van der Waals surface area (Å²) in [5.74, 6) is -0.148. The second-order valence-corrected chi connectivity index (χ2v) is 6.16. The number of hydrogen-bond acceptors (Lipinski definition) is 3.